The molecule has 2 rings (SSSR count). The van der Waals surface area contributed by atoms with E-state index in [1.807, 2.05) is 10.8 Å². The van der Waals surface area contributed by atoms with Crippen molar-refractivity contribution in [3.63, 3.8) is 0 Å². The maximum Gasteiger partial charge on any atom is 0.187 e. The maximum absolute atomic E-state index is 5.34. The number of thiophene rings is 1. The van der Waals surface area contributed by atoms with Crippen LogP contribution in [0, 0.1) is 0 Å². The standard InChI is InChI=1S/C10H10BrN3OS/c1-12-10-9(15-2)8(13-5-14-10)6-3-16-4-7(6)11/h3-5H,1-2H3,(H,12,13,14). The van der Waals surface area contributed by atoms with Gasteiger partial charge in [-0.05, 0) is 15.9 Å². The average Bonchev–Trinajstić information content (AvgIpc) is 2.74. The summed E-state index contributed by atoms with van der Waals surface area (Å²) in [4.78, 5) is 8.37. The number of ether oxygens (including phenoxy) is 1. The third kappa shape index (κ3) is 1.90. The van der Waals surface area contributed by atoms with E-state index < -0.39 is 0 Å². The van der Waals surface area contributed by atoms with E-state index in [2.05, 4.69) is 31.2 Å². The Morgan fingerprint density at radius 2 is 2.19 bits per heavy atom. The number of rotatable bonds is 3. The smallest absolute Gasteiger partial charge is 0.187 e. The van der Waals surface area contributed by atoms with E-state index >= 15 is 0 Å². The largest absolute Gasteiger partial charge is 0.491 e. The summed E-state index contributed by atoms with van der Waals surface area (Å²) in [6, 6.07) is 0. The molecule has 0 aliphatic heterocycles. The summed E-state index contributed by atoms with van der Waals surface area (Å²) >= 11 is 5.10. The molecule has 2 aromatic rings. The fourth-order valence-corrected chi connectivity index (χ4v) is 2.85. The highest BCUT2D eigenvalue weighted by Gasteiger charge is 2.15. The number of nitrogens with zero attached hydrogens (tertiary/aromatic N) is 2. The van der Waals surface area contributed by atoms with Crippen LogP contribution in [-0.4, -0.2) is 24.1 Å². The summed E-state index contributed by atoms with van der Waals surface area (Å²) < 4.78 is 6.35. The molecule has 0 aliphatic rings. The van der Waals surface area contributed by atoms with Crippen molar-refractivity contribution in [2.75, 3.05) is 19.5 Å². The molecular weight excluding hydrogens is 290 g/mol. The third-order valence-electron chi connectivity index (χ3n) is 2.11. The van der Waals surface area contributed by atoms with Gasteiger partial charge < -0.3 is 10.1 Å². The zero-order valence-corrected chi connectivity index (χ0v) is 11.2. The molecule has 6 heteroatoms. The van der Waals surface area contributed by atoms with Crippen molar-refractivity contribution in [2.45, 2.75) is 0 Å². The quantitative estimate of drug-likeness (QED) is 0.946. The Morgan fingerprint density at radius 3 is 2.75 bits per heavy atom. The SMILES string of the molecule is CNc1ncnc(-c2cscc2Br)c1OC. The van der Waals surface area contributed by atoms with Crippen molar-refractivity contribution in [1.82, 2.24) is 9.97 Å². The van der Waals surface area contributed by atoms with E-state index in [-0.39, 0.29) is 0 Å². The summed E-state index contributed by atoms with van der Waals surface area (Å²) in [6.07, 6.45) is 1.52. The molecule has 0 bridgehead atoms. The third-order valence-corrected chi connectivity index (χ3v) is 3.82. The molecular formula is C10H10BrN3OS. The highest BCUT2D eigenvalue weighted by Crippen LogP contribution is 2.38. The Morgan fingerprint density at radius 1 is 1.38 bits per heavy atom. The molecule has 0 saturated heterocycles. The second-order valence-corrected chi connectivity index (χ2v) is 4.59. The number of nitrogens with one attached hydrogen (secondary N) is 1. The van der Waals surface area contributed by atoms with Crippen LogP contribution in [0.25, 0.3) is 11.3 Å². The van der Waals surface area contributed by atoms with Crippen LogP contribution in [0.3, 0.4) is 0 Å². The van der Waals surface area contributed by atoms with Gasteiger partial charge in [0.25, 0.3) is 0 Å². The van der Waals surface area contributed by atoms with Gasteiger partial charge in [0, 0.05) is 27.8 Å². The number of aromatic nitrogens is 2. The molecule has 0 spiro atoms. The summed E-state index contributed by atoms with van der Waals surface area (Å²) in [5, 5.41) is 7.01. The summed E-state index contributed by atoms with van der Waals surface area (Å²) in [5.74, 6) is 1.34. The van der Waals surface area contributed by atoms with Crippen LogP contribution in [0.4, 0.5) is 5.82 Å². The molecule has 0 unspecified atom stereocenters. The summed E-state index contributed by atoms with van der Waals surface area (Å²) in [7, 11) is 3.42. The van der Waals surface area contributed by atoms with Crippen LogP contribution in [0.2, 0.25) is 0 Å². The van der Waals surface area contributed by atoms with E-state index in [9.17, 15) is 0 Å². The maximum atomic E-state index is 5.34. The van der Waals surface area contributed by atoms with E-state index in [0.29, 0.717) is 11.6 Å². The van der Waals surface area contributed by atoms with Gasteiger partial charge >= 0.3 is 0 Å². The number of methoxy groups -OCH3 is 1. The second kappa shape index (κ2) is 4.80. The molecule has 1 N–H and O–H groups in total. The van der Waals surface area contributed by atoms with Crippen molar-refractivity contribution in [3.05, 3.63) is 21.6 Å². The van der Waals surface area contributed by atoms with Crippen LogP contribution in [0.1, 0.15) is 0 Å². The molecule has 84 valence electrons. The minimum Gasteiger partial charge on any atom is -0.491 e. The first kappa shape index (κ1) is 11.3. The first-order valence-corrected chi connectivity index (χ1v) is 6.30. The summed E-state index contributed by atoms with van der Waals surface area (Å²) in [5.41, 5.74) is 1.80. The Labute approximate surface area is 106 Å². The molecule has 4 nitrogen and oxygen atoms in total. The van der Waals surface area contributed by atoms with Crippen LogP contribution in [-0.2, 0) is 0 Å². The highest BCUT2D eigenvalue weighted by molar-refractivity contribution is 9.10. The lowest BCUT2D eigenvalue weighted by molar-refractivity contribution is 0.415. The van der Waals surface area contributed by atoms with Crippen LogP contribution in [0.15, 0.2) is 21.6 Å². The van der Waals surface area contributed by atoms with Crippen molar-refractivity contribution in [2.24, 2.45) is 0 Å². The monoisotopic (exact) mass is 299 g/mol. The van der Waals surface area contributed by atoms with Gasteiger partial charge in [0.1, 0.15) is 12.0 Å². The fourth-order valence-electron chi connectivity index (χ4n) is 1.39. The molecule has 0 aliphatic carbocycles. The average molecular weight is 300 g/mol. The van der Waals surface area contributed by atoms with E-state index in [0.717, 1.165) is 15.7 Å². The zero-order valence-electron chi connectivity index (χ0n) is 8.82. The zero-order chi connectivity index (χ0) is 11.5. The number of anilines is 1. The minimum atomic E-state index is 0.657. The van der Waals surface area contributed by atoms with Crippen molar-refractivity contribution < 1.29 is 4.74 Å². The van der Waals surface area contributed by atoms with Gasteiger partial charge in [-0.2, -0.15) is 11.3 Å². The predicted octanol–water partition coefficient (Wildman–Crippen LogP) is 3.02. The fraction of sp³-hybridized carbons (Fsp3) is 0.200. The number of halogens is 1. The number of hydrogen-bond acceptors (Lipinski definition) is 5. The first-order valence-electron chi connectivity index (χ1n) is 4.56. The molecule has 16 heavy (non-hydrogen) atoms. The van der Waals surface area contributed by atoms with Gasteiger partial charge in [-0.15, -0.1) is 0 Å². The topological polar surface area (TPSA) is 47.0 Å². The molecule has 0 saturated carbocycles. The van der Waals surface area contributed by atoms with Crippen molar-refractivity contribution in [1.29, 1.82) is 0 Å². The highest BCUT2D eigenvalue weighted by atomic mass is 79.9. The second-order valence-electron chi connectivity index (χ2n) is 2.99. The van der Waals surface area contributed by atoms with Gasteiger partial charge in [-0.1, -0.05) is 0 Å². The molecule has 0 atom stereocenters. The molecule has 0 fully saturated rings. The number of hydrogen-bond donors (Lipinski definition) is 1. The van der Waals surface area contributed by atoms with Gasteiger partial charge in [0.2, 0.25) is 0 Å². The van der Waals surface area contributed by atoms with E-state index in [4.69, 9.17) is 4.74 Å². The van der Waals surface area contributed by atoms with E-state index in [1.165, 1.54) is 6.33 Å². The normalized spacial score (nSPS) is 10.2. The Hall–Kier alpha value is -1.14. The van der Waals surface area contributed by atoms with Gasteiger partial charge in [0.15, 0.2) is 11.6 Å². The van der Waals surface area contributed by atoms with E-state index in [1.54, 1.807) is 25.5 Å². The molecule has 0 radical (unpaired) electrons. The van der Waals surface area contributed by atoms with Gasteiger partial charge in [-0.25, -0.2) is 9.97 Å². The Bertz CT molecular complexity index is 501. The first-order chi connectivity index (χ1) is 7.77. The molecule has 0 amide bonds. The lowest BCUT2D eigenvalue weighted by Crippen LogP contribution is -2.00. The van der Waals surface area contributed by atoms with Gasteiger partial charge in [0.05, 0.1) is 7.11 Å². The summed E-state index contributed by atoms with van der Waals surface area (Å²) in [6.45, 7) is 0. The Balaban J connectivity index is 2.61. The lowest BCUT2D eigenvalue weighted by atomic mass is 10.2. The van der Waals surface area contributed by atoms with Crippen LogP contribution < -0.4 is 10.1 Å². The van der Waals surface area contributed by atoms with Crippen LogP contribution in [0.5, 0.6) is 5.75 Å². The van der Waals surface area contributed by atoms with Gasteiger partial charge in [-0.3, -0.25) is 0 Å². The molecule has 0 aromatic carbocycles. The van der Waals surface area contributed by atoms with Crippen molar-refractivity contribution >= 4 is 33.1 Å². The molecule has 2 heterocycles. The van der Waals surface area contributed by atoms with Crippen molar-refractivity contribution in [3.8, 4) is 17.0 Å². The Kier molecular flexibility index (Phi) is 3.40. The minimum absolute atomic E-state index is 0.657. The predicted molar refractivity (Wildman–Crippen MR) is 69.1 cm³/mol. The molecule has 2 aromatic heterocycles. The van der Waals surface area contributed by atoms with Crippen LogP contribution >= 0.6 is 27.3 Å². The lowest BCUT2D eigenvalue weighted by Gasteiger charge is -2.10.